The van der Waals surface area contributed by atoms with Gasteiger partial charge < -0.3 is 9.47 Å². The zero-order valence-electron chi connectivity index (χ0n) is 14.3. The fraction of sp³-hybridized carbons (Fsp3) is 0.167. The zero-order chi connectivity index (χ0) is 19.4. The highest BCUT2D eigenvalue weighted by Crippen LogP contribution is 2.17. The third-order valence-electron chi connectivity index (χ3n) is 3.72. The Morgan fingerprint density at radius 1 is 1.22 bits per heavy atom. The van der Waals surface area contributed by atoms with Crippen molar-refractivity contribution < 1.29 is 19.2 Å². The fourth-order valence-electron chi connectivity index (χ4n) is 2.44. The van der Waals surface area contributed by atoms with Crippen LogP contribution in [0.5, 0.6) is 5.75 Å². The van der Waals surface area contributed by atoms with Gasteiger partial charge in [0.25, 0.3) is 11.2 Å². The van der Waals surface area contributed by atoms with Crippen LogP contribution in [0.15, 0.2) is 53.3 Å². The summed E-state index contributed by atoms with van der Waals surface area (Å²) in [6.07, 6.45) is 0. The van der Waals surface area contributed by atoms with E-state index in [0.717, 1.165) is 5.69 Å². The average molecular weight is 369 g/mol. The maximum Gasteiger partial charge on any atom is 0.344 e. The summed E-state index contributed by atoms with van der Waals surface area (Å²) in [6.45, 7) is 1.26. The number of aryl methyl sites for hydroxylation is 1. The van der Waals surface area contributed by atoms with Crippen molar-refractivity contribution in [2.75, 3.05) is 6.61 Å². The number of hydrogen-bond acceptors (Lipinski definition) is 7. The summed E-state index contributed by atoms with van der Waals surface area (Å²) in [4.78, 5) is 38.3. The summed E-state index contributed by atoms with van der Waals surface area (Å²) in [7, 11) is 0. The molecule has 0 aliphatic heterocycles. The number of carbonyl (C=O) groups excluding carboxylic acids is 1. The van der Waals surface area contributed by atoms with E-state index in [4.69, 9.17) is 9.47 Å². The maximum absolute atomic E-state index is 12.2. The number of rotatable bonds is 6. The minimum absolute atomic E-state index is 0.0752. The smallest absolute Gasteiger partial charge is 0.344 e. The SMILES string of the molecule is Cc1cccc2nc(COC(=O)COc3ccc([N+](=O)[O-])cc3)cc(=O)n12. The number of aromatic nitrogens is 2. The molecule has 0 amide bonds. The van der Waals surface area contributed by atoms with Gasteiger partial charge in [0.15, 0.2) is 6.61 Å². The van der Waals surface area contributed by atoms with Crippen LogP contribution >= 0.6 is 0 Å². The average Bonchev–Trinajstić information content (AvgIpc) is 2.65. The van der Waals surface area contributed by atoms with Gasteiger partial charge in [-0.25, -0.2) is 9.78 Å². The number of hydrogen-bond donors (Lipinski definition) is 0. The minimum atomic E-state index is -0.653. The first-order valence-electron chi connectivity index (χ1n) is 7.95. The van der Waals surface area contributed by atoms with Crippen LogP contribution in [-0.2, 0) is 16.1 Å². The lowest BCUT2D eigenvalue weighted by molar-refractivity contribution is -0.384. The standard InChI is InChI=1S/C18H15N3O6/c1-12-3-2-4-16-19-13(9-17(22)20(12)16)10-27-18(23)11-26-15-7-5-14(6-8-15)21(24)25/h2-9H,10-11H2,1H3. The van der Waals surface area contributed by atoms with Crippen molar-refractivity contribution >= 4 is 17.3 Å². The number of fused-ring (bicyclic) bond motifs is 1. The van der Waals surface area contributed by atoms with Gasteiger partial charge in [-0.05, 0) is 31.2 Å². The molecule has 2 aromatic heterocycles. The van der Waals surface area contributed by atoms with Crippen molar-refractivity contribution in [2.45, 2.75) is 13.5 Å². The predicted octanol–water partition coefficient (Wildman–Crippen LogP) is 2.03. The lowest BCUT2D eigenvalue weighted by atomic mass is 10.3. The number of pyridine rings is 1. The number of non-ortho nitro benzene ring substituents is 1. The van der Waals surface area contributed by atoms with Gasteiger partial charge in [-0.3, -0.25) is 19.3 Å². The number of esters is 1. The molecule has 0 aliphatic carbocycles. The molecule has 9 nitrogen and oxygen atoms in total. The summed E-state index contributed by atoms with van der Waals surface area (Å²) < 4.78 is 11.7. The molecule has 138 valence electrons. The van der Waals surface area contributed by atoms with E-state index in [9.17, 15) is 19.7 Å². The second-order valence-electron chi connectivity index (χ2n) is 5.65. The van der Waals surface area contributed by atoms with E-state index >= 15 is 0 Å². The summed E-state index contributed by atoms with van der Waals surface area (Å²) in [5.74, 6) is -0.352. The van der Waals surface area contributed by atoms with E-state index in [0.29, 0.717) is 17.1 Å². The molecule has 0 saturated carbocycles. The van der Waals surface area contributed by atoms with Crippen LogP contribution in [0.1, 0.15) is 11.4 Å². The number of nitrogens with zero attached hydrogens (tertiary/aromatic N) is 3. The van der Waals surface area contributed by atoms with Gasteiger partial charge in [-0.15, -0.1) is 0 Å². The number of nitro benzene ring substituents is 1. The third kappa shape index (κ3) is 4.27. The predicted molar refractivity (Wildman–Crippen MR) is 94.6 cm³/mol. The highest BCUT2D eigenvalue weighted by molar-refractivity contribution is 5.71. The molecule has 0 atom stereocenters. The molecule has 2 heterocycles. The molecular weight excluding hydrogens is 354 g/mol. The summed E-state index contributed by atoms with van der Waals surface area (Å²) in [5, 5.41) is 10.6. The molecule has 27 heavy (non-hydrogen) atoms. The highest BCUT2D eigenvalue weighted by Gasteiger charge is 2.10. The Morgan fingerprint density at radius 3 is 2.67 bits per heavy atom. The molecule has 0 saturated heterocycles. The van der Waals surface area contributed by atoms with E-state index in [-0.39, 0.29) is 24.5 Å². The zero-order valence-corrected chi connectivity index (χ0v) is 14.3. The summed E-state index contributed by atoms with van der Waals surface area (Å²) in [6, 6.07) is 11.9. The van der Waals surface area contributed by atoms with Crippen LogP contribution in [0.3, 0.4) is 0 Å². The summed E-state index contributed by atoms with van der Waals surface area (Å²) >= 11 is 0. The lowest BCUT2D eigenvalue weighted by Crippen LogP contribution is -2.19. The van der Waals surface area contributed by atoms with Crippen molar-refractivity contribution in [1.82, 2.24) is 9.38 Å². The quantitative estimate of drug-likeness (QED) is 0.371. The van der Waals surface area contributed by atoms with Crippen molar-refractivity contribution in [3.63, 3.8) is 0 Å². The van der Waals surface area contributed by atoms with E-state index in [1.807, 2.05) is 0 Å². The van der Waals surface area contributed by atoms with Gasteiger partial charge in [-0.2, -0.15) is 0 Å². The molecule has 0 bridgehead atoms. The minimum Gasteiger partial charge on any atom is -0.482 e. The molecule has 0 N–H and O–H groups in total. The third-order valence-corrected chi connectivity index (χ3v) is 3.72. The van der Waals surface area contributed by atoms with Gasteiger partial charge in [0, 0.05) is 23.9 Å². The molecule has 1 aromatic carbocycles. The Morgan fingerprint density at radius 2 is 1.96 bits per heavy atom. The molecule has 0 spiro atoms. The normalized spacial score (nSPS) is 10.6. The maximum atomic E-state index is 12.2. The van der Waals surface area contributed by atoms with Crippen molar-refractivity contribution in [3.05, 3.63) is 80.4 Å². The Hall–Kier alpha value is -3.75. The number of ether oxygens (including phenoxy) is 2. The van der Waals surface area contributed by atoms with Gasteiger partial charge in [-0.1, -0.05) is 6.07 Å². The molecule has 0 radical (unpaired) electrons. The second kappa shape index (κ2) is 7.65. The monoisotopic (exact) mass is 369 g/mol. The molecule has 3 rings (SSSR count). The molecule has 0 aliphatic rings. The first kappa shape index (κ1) is 18.1. The molecule has 9 heteroatoms. The molecule has 0 fully saturated rings. The number of nitro groups is 1. The van der Waals surface area contributed by atoms with Crippen molar-refractivity contribution in [2.24, 2.45) is 0 Å². The van der Waals surface area contributed by atoms with Gasteiger partial charge in [0.1, 0.15) is 18.0 Å². The second-order valence-corrected chi connectivity index (χ2v) is 5.65. The van der Waals surface area contributed by atoms with E-state index in [2.05, 4.69) is 4.98 Å². The van der Waals surface area contributed by atoms with Crippen LogP contribution < -0.4 is 10.3 Å². The Bertz CT molecular complexity index is 1060. The van der Waals surface area contributed by atoms with Gasteiger partial charge in [0.05, 0.1) is 10.6 Å². The van der Waals surface area contributed by atoms with E-state index in [1.54, 1.807) is 25.1 Å². The van der Waals surface area contributed by atoms with E-state index in [1.165, 1.54) is 34.7 Å². The Kier molecular flexibility index (Phi) is 5.11. The number of benzene rings is 1. The highest BCUT2D eigenvalue weighted by atomic mass is 16.6. The molecule has 3 aromatic rings. The van der Waals surface area contributed by atoms with Crippen LogP contribution in [0.4, 0.5) is 5.69 Å². The van der Waals surface area contributed by atoms with Crippen LogP contribution in [0, 0.1) is 17.0 Å². The van der Waals surface area contributed by atoms with Crippen LogP contribution in [-0.4, -0.2) is 26.9 Å². The fourth-order valence-corrected chi connectivity index (χ4v) is 2.44. The van der Waals surface area contributed by atoms with Crippen LogP contribution in [0.2, 0.25) is 0 Å². The van der Waals surface area contributed by atoms with Gasteiger partial charge >= 0.3 is 5.97 Å². The Labute approximate surface area is 152 Å². The number of carbonyl (C=O) groups is 1. The van der Waals surface area contributed by atoms with Crippen LogP contribution in [0.25, 0.3) is 5.65 Å². The topological polar surface area (TPSA) is 113 Å². The van der Waals surface area contributed by atoms with E-state index < -0.39 is 10.9 Å². The lowest BCUT2D eigenvalue weighted by Gasteiger charge is -2.08. The Balaban J connectivity index is 1.58. The van der Waals surface area contributed by atoms with Crippen molar-refractivity contribution in [3.8, 4) is 5.75 Å². The molecular formula is C18H15N3O6. The van der Waals surface area contributed by atoms with Crippen molar-refractivity contribution in [1.29, 1.82) is 0 Å². The first-order chi connectivity index (χ1) is 12.9. The van der Waals surface area contributed by atoms with Gasteiger partial charge in [0.2, 0.25) is 0 Å². The largest absolute Gasteiger partial charge is 0.482 e. The first-order valence-corrected chi connectivity index (χ1v) is 7.95. The summed E-state index contributed by atoms with van der Waals surface area (Å²) in [5.41, 5.74) is 1.22. The molecule has 0 unspecified atom stereocenters.